The van der Waals surface area contributed by atoms with Crippen molar-refractivity contribution in [3.05, 3.63) is 34.4 Å². The van der Waals surface area contributed by atoms with E-state index in [0.29, 0.717) is 5.56 Å². The van der Waals surface area contributed by atoms with Crippen LogP contribution in [0.15, 0.2) is 12.1 Å². The van der Waals surface area contributed by atoms with Gasteiger partial charge in [0.2, 0.25) is 0 Å². The molecule has 14 nitrogen and oxygen atoms in total. The minimum atomic E-state index is -1.33. The predicted octanol–water partition coefficient (Wildman–Crippen LogP) is -0.0546. The number of carboxylic acid groups (broad SMARTS) is 2. The molecule has 0 unspecified atom stereocenters. The Morgan fingerprint density at radius 3 is 1.44 bits per heavy atom. The minimum absolute atomic E-state index is 0.0284. The Bertz CT molecular complexity index is 676. The number of hydrogen-bond donors (Lipinski definition) is 4. The quantitative estimate of drug-likeness (QED) is 0.124. The summed E-state index contributed by atoms with van der Waals surface area (Å²) < 4.78 is 40.0. The van der Waals surface area contributed by atoms with Crippen molar-refractivity contribution in [1.29, 1.82) is 0 Å². The number of aliphatic hydroxyl groups is 2. The highest BCUT2D eigenvalue weighted by atomic mass is 16.7. The highest BCUT2D eigenvalue weighted by Gasteiger charge is 2.20. The fraction of sp³-hybridized carbons (Fsp3) is 0.600. The molecule has 0 aliphatic carbocycles. The van der Waals surface area contributed by atoms with E-state index in [-0.39, 0.29) is 83.5 Å². The van der Waals surface area contributed by atoms with Gasteiger partial charge in [-0.15, -0.1) is 0 Å². The fourth-order valence-electron chi connectivity index (χ4n) is 2.44. The van der Waals surface area contributed by atoms with Gasteiger partial charge in [-0.1, -0.05) is 0 Å². The van der Waals surface area contributed by atoms with Gasteiger partial charge in [-0.25, -0.2) is 9.59 Å². The molecule has 0 amide bonds. The first-order chi connectivity index (χ1) is 16.5. The molecule has 1 aromatic rings. The van der Waals surface area contributed by atoms with Gasteiger partial charge in [0.25, 0.3) is 0 Å². The van der Waals surface area contributed by atoms with Gasteiger partial charge in [0, 0.05) is 5.56 Å². The average molecular weight is 494 g/mol. The van der Waals surface area contributed by atoms with Gasteiger partial charge < -0.3 is 58.3 Å². The molecule has 194 valence electrons. The second kappa shape index (κ2) is 19.1. The highest BCUT2D eigenvalue weighted by Crippen LogP contribution is 2.21. The molecule has 0 spiro atoms. The van der Waals surface area contributed by atoms with Crippen LogP contribution in [0.5, 0.6) is 0 Å². The Balaban J connectivity index is 2.53. The third kappa shape index (κ3) is 12.9. The fourth-order valence-corrected chi connectivity index (χ4v) is 2.44. The van der Waals surface area contributed by atoms with Crippen LogP contribution in [0.4, 0.5) is 0 Å². The molecule has 0 heterocycles. The molecule has 1 rings (SSSR count). The van der Waals surface area contributed by atoms with Crippen LogP contribution in [0.2, 0.25) is 0 Å². The van der Waals surface area contributed by atoms with E-state index in [1.54, 1.807) is 0 Å². The molecule has 0 aliphatic rings. The molecule has 0 radical (unpaired) electrons. The number of aromatic carboxylic acids is 2. The molecule has 1 aromatic carbocycles. The van der Waals surface area contributed by atoms with Crippen molar-refractivity contribution in [3.63, 3.8) is 0 Å². The van der Waals surface area contributed by atoms with Crippen molar-refractivity contribution in [2.75, 3.05) is 67.2 Å². The number of rotatable bonds is 22. The maximum Gasteiger partial charge on any atom is 0.336 e. The van der Waals surface area contributed by atoms with E-state index in [9.17, 15) is 19.8 Å². The minimum Gasteiger partial charge on any atom is -0.478 e. The first-order valence-electron chi connectivity index (χ1n) is 9.97. The smallest absolute Gasteiger partial charge is 0.336 e. The molecule has 0 saturated carbocycles. The van der Waals surface area contributed by atoms with Crippen molar-refractivity contribution in [3.8, 4) is 0 Å². The monoisotopic (exact) mass is 494 g/mol. The molecule has 0 bridgehead atoms. The summed E-state index contributed by atoms with van der Waals surface area (Å²) in [5.74, 6) is -2.66. The molecule has 0 atom stereocenters. The summed E-state index contributed by atoms with van der Waals surface area (Å²) in [6, 6.07) is 2.59. The second-order valence-corrected chi connectivity index (χ2v) is 6.25. The van der Waals surface area contributed by atoms with Gasteiger partial charge in [0.15, 0.2) is 0 Å². The van der Waals surface area contributed by atoms with Crippen LogP contribution in [0.25, 0.3) is 0 Å². The van der Waals surface area contributed by atoms with Crippen LogP contribution in [-0.4, -0.2) is 99.5 Å². The van der Waals surface area contributed by atoms with Crippen molar-refractivity contribution in [2.45, 2.75) is 13.2 Å². The third-order valence-corrected chi connectivity index (χ3v) is 3.88. The van der Waals surface area contributed by atoms with Gasteiger partial charge in [-0.3, -0.25) is 0 Å². The van der Waals surface area contributed by atoms with E-state index in [1.807, 2.05) is 0 Å². The zero-order valence-corrected chi connectivity index (χ0v) is 18.5. The van der Waals surface area contributed by atoms with Crippen LogP contribution in [-0.2, 0) is 51.1 Å². The summed E-state index contributed by atoms with van der Waals surface area (Å²) in [6.45, 7) is -1.12. The number of ether oxygens (including phenoxy) is 8. The Morgan fingerprint density at radius 2 is 1.00 bits per heavy atom. The van der Waals surface area contributed by atoms with Crippen LogP contribution >= 0.6 is 0 Å². The lowest BCUT2D eigenvalue weighted by molar-refractivity contribution is -0.144. The summed E-state index contributed by atoms with van der Waals surface area (Å²) >= 11 is 0. The molecule has 0 aromatic heterocycles. The number of aliphatic hydroxyl groups excluding tert-OH is 2. The van der Waals surface area contributed by atoms with E-state index >= 15 is 0 Å². The molecular formula is C20H30O14. The molecule has 34 heavy (non-hydrogen) atoms. The van der Waals surface area contributed by atoms with Crippen molar-refractivity contribution >= 4 is 11.9 Å². The van der Waals surface area contributed by atoms with Gasteiger partial charge in [-0.05, 0) is 17.7 Å². The second-order valence-electron chi connectivity index (χ2n) is 6.25. The van der Waals surface area contributed by atoms with E-state index in [1.165, 1.54) is 12.1 Å². The van der Waals surface area contributed by atoms with E-state index in [4.69, 9.17) is 38.6 Å². The summed E-state index contributed by atoms with van der Waals surface area (Å²) in [5.41, 5.74) is -0.207. The van der Waals surface area contributed by atoms with E-state index < -0.39 is 25.5 Å². The normalized spacial score (nSPS) is 11.1. The average Bonchev–Trinajstić information content (AvgIpc) is 2.81. The summed E-state index contributed by atoms with van der Waals surface area (Å²) in [7, 11) is 0. The van der Waals surface area contributed by atoms with Crippen molar-refractivity contribution in [1.82, 2.24) is 0 Å². The van der Waals surface area contributed by atoms with Gasteiger partial charge in [0.05, 0.1) is 50.8 Å². The van der Waals surface area contributed by atoms with E-state index in [0.717, 1.165) is 0 Å². The molecule has 4 N–H and O–H groups in total. The van der Waals surface area contributed by atoms with Gasteiger partial charge in [0.1, 0.15) is 40.8 Å². The van der Waals surface area contributed by atoms with Crippen LogP contribution < -0.4 is 0 Å². The van der Waals surface area contributed by atoms with Crippen molar-refractivity contribution in [2.24, 2.45) is 0 Å². The molecular weight excluding hydrogens is 464 g/mol. The third-order valence-electron chi connectivity index (χ3n) is 3.88. The Hall–Kier alpha value is -2.24. The molecule has 0 aliphatic heterocycles. The van der Waals surface area contributed by atoms with Gasteiger partial charge >= 0.3 is 11.9 Å². The lowest BCUT2D eigenvalue weighted by atomic mass is 9.98. The number of hydrogen-bond acceptors (Lipinski definition) is 12. The van der Waals surface area contributed by atoms with Gasteiger partial charge in [-0.2, -0.15) is 0 Å². The Kier molecular flexibility index (Phi) is 16.7. The lowest BCUT2D eigenvalue weighted by Crippen LogP contribution is -2.15. The molecule has 0 saturated heterocycles. The Morgan fingerprint density at radius 1 is 0.588 bits per heavy atom. The van der Waals surface area contributed by atoms with Crippen LogP contribution in [0.3, 0.4) is 0 Å². The summed E-state index contributed by atoms with van der Waals surface area (Å²) in [4.78, 5) is 23.4. The first kappa shape index (κ1) is 29.8. The number of benzene rings is 1. The highest BCUT2D eigenvalue weighted by molar-refractivity contribution is 5.97. The zero-order valence-electron chi connectivity index (χ0n) is 18.5. The summed E-state index contributed by atoms with van der Waals surface area (Å²) in [5, 5.41) is 36.0. The number of carbonyl (C=O) groups is 2. The standard InChI is InChI=1S/C20H30O14/c21-9-27-1-3-29-11-33-13-31-7-15-5-16(19(23)24)18(17(6-15)20(25)26)8-32-14-34-12-30-4-2-28-10-22/h5-6,21-22H,1-4,7-14H2,(H,23,24)(H,25,26). The molecule has 14 heteroatoms. The predicted molar refractivity (Wildman–Crippen MR) is 110 cm³/mol. The van der Waals surface area contributed by atoms with Crippen molar-refractivity contribution < 1.29 is 67.9 Å². The maximum absolute atomic E-state index is 11.7. The molecule has 0 fully saturated rings. The zero-order chi connectivity index (χ0) is 25.0. The largest absolute Gasteiger partial charge is 0.478 e. The lowest BCUT2D eigenvalue weighted by Gasteiger charge is -2.14. The number of carboxylic acids is 2. The maximum atomic E-state index is 11.7. The summed E-state index contributed by atoms with van der Waals surface area (Å²) in [6.07, 6.45) is 0. The van der Waals surface area contributed by atoms with Crippen LogP contribution in [0.1, 0.15) is 31.8 Å². The van der Waals surface area contributed by atoms with Crippen LogP contribution in [0, 0.1) is 0 Å². The topological polar surface area (TPSA) is 189 Å². The first-order valence-corrected chi connectivity index (χ1v) is 9.97. The Labute approximate surface area is 195 Å². The SMILES string of the molecule is O=C(O)c1cc(COCOCOCCOCO)cc(C(=O)O)c1COCOCOCCOCO. The van der Waals surface area contributed by atoms with E-state index in [2.05, 4.69) is 9.47 Å².